The van der Waals surface area contributed by atoms with Crippen LogP contribution >= 0.6 is 0 Å². The number of benzene rings is 3. The first-order chi connectivity index (χ1) is 19.9. The monoisotopic (exact) mass is 585 g/mol. The molecule has 5 nitrogen and oxygen atoms in total. The van der Waals surface area contributed by atoms with E-state index in [2.05, 4.69) is 20.3 Å². The summed E-state index contributed by atoms with van der Waals surface area (Å²) in [6, 6.07) is 17.0. The summed E-state index contributed by atoms with van der Waals surface area (Å²) in [5.74, 6) is 0.147. The Kier molecular flexibility index (Phi) is 7.83. The van der Waals surface area contributed by atoms with Crippen LogP contribution in [0, 0.1) is 5.82 Å². The van der Waals surface area contributed by atoms with Gasteiger partial charge in [-0.25, -0.2) is 14.4 Å². The highest BCUT2D eigenvalue weighted by Crippen LogP contribution is 2.37. The Morgan fingerprint density at radius 3 is 2.24 bits per heavy atom. The van der Waals surface area contributed by atoms with Crippen LogP contribution in [0.25, 0.3) is 22.2 Å². The highest BCUT2D eigenvalue weighted by atomic mass is 19.4. The lowest BCUT2D eigenvalue weighted by atomic mass is 10.0. The number of nitrogens with one attached hydrogen (secondary N) is 1. The molecule has 2 aromatic heterocycles. The number of anilines is 2. The molecule has 5 rings (SSSR count). The van der Waals surface area contributed by atoms with Crippen LogP contribution in [0.2, 0.25) is 0 Å². The van der Waals surface area contributed by atoms with Gasteiger partial charge in [0, 0.05) is 29.4 Å². The van der Waals surface area contributed by atoms with E-state index in [1.54, 1.807) is 19.2 Å². The fourth-order valence-electron chi connectivity index (χ4n) is 4.48. The van der Waals surface area contributed by atoms with Crippen LogP contribution in [0.4, 0.5) is 42.2 Å². The Morgan fingerprint density at radius 1 is 0.786 bits per heavy atom. The number of halogens is 7. The molecule has 0 bridgehead atoms. The summed E-state index contributed by atoms with van der Waals surface area (Å²) < 4.78 is 93.9. The molecule has 0 aliphatic heterocycles. The minimum atomic E-state index is -4.63. The minimum Gasteiger partial charge on any atom is -0.340 e. The third-order valence-corrected chi connectivity index (χ3v) is 6.36. The largest absolute Gasteiger partial charge is 0.418 e. The average molecular weight is 586 g/mol. The second-order valence-electron chi connectivity index (χ2n) is 9.62. The summed E-state index contributed by atoms with van der Waals surface area (Å²) in [5.41, 5.74) is -0.503. The van der Waals surface area contributed by atoms with Crippen LogP contribution in [0.5, 0.6) is 0 Å². The summed E-state index contributed by atoms with van der Waals surface area (Å²) in [7, 11) is 1.77. The molecule has 5 aromatic rings. The molecular weight excluding hydrogens is 563 g/mol. The summed E-state index contributed by atoms with van der Waals surface area (Å²) in [4.78, 5) is 14.9. The van der Waals surface area contributed by atoms with Gasteiger partial charge in [0.05, 0.1) is 28.9 Å². The zero-order valence-electron chi connectivity index (χ0n) is 21.9. The highest BCUT2D eigenvalue weighted by Gasteiger charge is 2.34. The maximum Gasteiger partial charge on any atom is 0.418 e. The number of nitrogens with zero attached hydrogens (tertiary/aromatic N) is 4. The number of pyridine rings is 1. The molecule has 0 amide bonds. The molecule has 0 saturated heterocycles. The average Bonchev–Trinajstić information content (AvgIpc) is 2.92. The van der Waals surface area contributed by atoms with E-state index in [1.165, 1.54) is 54.7 Å². The van der Waals surface area contributed by atoms with Gasteiger partial charge in [0.15, 0.2) is 0 Å². The molecule has 0 fully saturated rings. The normalized spacial score (nSPS) is 12.2. The smallest absolute Gasteiger partial charge is 0.340 e. The van der Waals surface area contributed by atoms with Gasteiger partial charge in [0.2, 0.25) is 0 Å². The van der Waals surface area contributed by atoms with Crippen LogP contribution in [-0.4, -0.2) is 26.9 Å². The summed E-state index contributed by atoms with van der Waals surface area (Å²) in [5, 5.41) is 3.44. The van der Waals surface area contributed by atoms with Crippen LogP contribution in [0.15, 0.2) is 85.1 Å². The second-order valence-corrected chi connectivity index (χ2v) is 9.62. The number of rotatable bonds is 7. The summed E-state index contributed by atoms with van der Waals surface area (Å²) >= 11 is 0. The number of aromatic nitrogens is 3. The van der Waals surface area contributed by atoms with Crippen molar-refractivity contribution in [3.05, 3.63) is 113 Å². The van der Waals surface area contributed by atoms with E-state index in [0.717, 1.165) is 18.2 Å². The van der Waals surface area contributed by atoms with Crippen molar-refractivity contribution in [3.8, 4) is 11.3 Å². The zero-order valence-corrected chi connectivity index (χ0v) is 21.9. The summed E-state index contributed by atoms with van der Waals surface area (Å²) in [6.45, 7) is 0.527. The van der Waals surface area contributed by atoms with Crippen molar-refractivity contribution in [2.24, 2.45) is 0 Å². The van der Waals surface area contributed by atoms with E-state index in [1.807, 2.05) is 4.90 Å². The van der Waals surface area contributed by atoms with E-state index in [0.29, 0.717) is 28.7 Å². The zero-order chi connectivity index (χ0) is 30.1. The standard InChI is InChI=1S/C30H22F7N5/c1-42(16-18-4-2-5-21(31)14-18)17-26-40-25-15-19(27-24(30(35,36)37)6-3-13-38-27)7-12-23(25)28(41-26)39-22-10-8-20(9-11-22)29(32,33)34/h2-15H,16-17H2,1H3,(H,39,40,41). The van der Waals surface area contributed by atoms with Gasteiger partial charge in [-0.15, -0.1) is 0 Å². The second kappa shape index (κ2) is 11.4. The fraction of sp³-hybridized carbons (Fsp3) is 0.167. The fourth-order valence-corrected chi connectivity index (χ4v) is 4.48. The van der Waals surface area contributed by atoms with E-state index in [4.69, 9.17) is 0 Å². The van der Waals surface area contributed by atoms with Crippen LogP contribution in [0.3, 0.4) is 0 Å². The van der Waals surface area contributed by atoms with Gasteiger partial charge in [-0.2, -0.15) is 26.3 Å². The quantitative estimate of drug-likeness (QED) is 0.195. The maximum atomic E-state index is 13.7. The lowest BCUT2D eigenvalue weighted by molar-refractivity contribution is -0.138. The van der Waals surface area contributed by atoms with Crippen molar-refractivity contribution < 1.29 is 30.7 Å². The first kappa shape index (κ1) is 28.9. The van der Waals surface area contributed by atoms with E-state index < -0.39 is 23.5 Å². The maximum absolute atomic E-state index is 13.7. The van der Waals surface area contributed by atoms with E-state index in [9.17, 15) is 30.7 Å². The van der Waals surface area contributed by atoms with Gasteiger partial charge in [0.1, 0.15) is 17.5 Å². The predicted octanol–water partition coefficient (Wildman–Crippen LogP) is 8.24. The lowest BCUT2D eigenvalue weighted by Gasteiger charge is -2.18. The molecule has 0 aliphatic rings. The van der Waals surface area contributed by atoms with Crippen molar-refractivity contribution in [2.75, 3.05) is 12.4 Å². The Bertz CT molecular complexity index is 1720. The first-order valence-electron chi connectivity index (χ1n) is 12.6. The minimum absolute atomic E-state index is 0.175. The van der Waals surface area contributed by atoms with Crippen LogP contribution in [-0.2, 0) is 25.4 Å². The Balaban J connectivity index is 1.55. The Hall–Kier alpha value is -4.58. The Labute approximate surface area is 235 Å². The van der Waals surface area contributed by atoms with E-state index in [-0.39, 0.29) is 35.3 Å². The SMILES string of the molecule is CN(Cc1cccc(F)c1)Cc1nc(Nc2ccc(C(F)(F)F)cc2)c2ccc(-c3ncccc3C(F)(F)F)cc2n1. The molecule has 2 heterocycles. The van der Waals surface area contributed by atoms with E-state index >= 15 is 0 Å². The molecule has 3 aromatic carbocycles. The van der Waals surface area contributed by atoms with Crippen LogP contribution < -0.4 is 5.32 Å². The molecule has 0 atom stereocenters. The molecule has 42 heavy (non-hydrogen) atoms. The number of hydrogen-bond acceptors (Lipinski definition) is 5. The number of fused-ring (bicyclic) bond motifs is 1. The van der Waals surface area contributed by atoms with Gasteiger partial charge in [-0.1, -0.05) is 18.2 Å². The predicted molar refractivity (Wildman–Crippen MR) is 144 cm³/mol. The molecule has 1 N–H and O–H groups in total. The molecule has 12 heteroatoms. The molecule has 0 saturated carbocycles. The van der Waals surface area contributed by atoms with Crippen molar-refractivity contribution >= 4 is 22.4 Å². The van der Waals surface area contributed by atoms with Gasteiger partial charge in [0.25, 0.3) is 0 Å². The van der Waals surface area contributed by atoms with Gasteiger partial charge < -0.3 is 5.32 Å². The van der Waals surface area contributed by atoms with Crippen LogP contribution in [0.1, 0.15) is 22.5 Å². The lowest BCUT2D eigenvalue weighted by Crippen LogP contribution is -2.19. The number of hydrogen-bond donors (Lipinski definition) is 1. The molecule has 0 spiro atoms. The number of alkyl halides is 6. The van der Waals surface area contributed by atoms with Gasteiger partial charge >= 0.3 is 12.4 Å². The third kappa shape index (κ3) is 6.65. The molecule has 0 aliphatic carbocycles. The van der Waals surface area contributed by atoms with Crippen molar-refractivity contribution in [2.45, 2.75) is 25.4 Å². The van der Waals surface area contributed by atoms with Gasteiger partial charge in [-0.05, 0) is 73.3 Å². The van der Waals surface area contributed by atoms with Gasteiger partial charge in [-0.3, -0.25) is 9.88 Å². The molecule has 0 unspecified atom stereocenters. The third-order valence-electron chi connectivity index (χ3n) is 6.36. The van der Waals surface area contributed by atoms with Crippen molar-refractivity contribution in [1.82, 2.24) is 19.9 Å². The highest BCUT2D eigenvalue weighted by molar-refractivity contribution is 5.93. The topological polar surface area (TPSA) is 53.9 Å². The molecular formula is C30H22F7N5. The molecule has 216 valence electrons. The molecule has 0 radical (unpaired) electrons. The van der Waals surface area contributed by atoms with Crippen molar-refractivity contribution in [1.29, 1.82) is 0 Å². The first-order valence-corrected chi connectivity index (χ1v) is 12.6. The van der Waals surface area contributed by atoms with Crippen molar-refractivity contribution in [3.63, 3.8) is 0 Å². The summed E-state index contributed by atoms with van der Waals surface area (Å²) in [6.07, 6.45) is -7.87. The Morgan fingerprint density at radius 2 is 1.55 bits per heavy atom.